The Morgan fingerprint density at radius 1 is 1.20 bits per heavy atom. The summed E-state index contributed by atoms with van der Waals surface area (Å²) >= 11 is 11.8. The van der Waals surface area contributed by atoms with Crippen molar-refractivity contribution in [2.45, 2.75) is 6.10 Å². The molecule has 0 saturated heterocycles. The Balaban J connectivity index is 1.80. The predicted octanol–water partition coefficient (Wildman–Crippen LogP) is 2.64. The minimum atomic E-state index is -0.728. The summed E-state index contributed by atoms with van der Waals surface area (Å²) in [5.74, 6) is 0.890. The molecule has 1 unspecified atom stereocenters. The summed E-state index contributed by atoms with van der Waals surface area (Å²) in [5.41, 5.74) is 0. The molecule has 0 bridgehead atoms. The molecule has 20 heavy (non-hydrogen) atoms. The van der Waals surface area contributed by atoms with Crippen LogP contribution in [-0.4, -0.2) is 34.3 Å². The van der Waals surface area contributed by atoms with Crippen LogP contribution in [0.1, 0.15) is 0 Å². The number of nitrogens with one attached hydrogen (secondary N) is 1. The molecule has 2 aromatic rings. The van der Waals surface area contributed by atoms with E-state index in [0.29, 0.717) is 21.7 Å². The highest BCUT2D eigenvalue weighted by molar-refractivity contribution is 6.42. The number of benzene rings is 1. The molecule has 0 spiro atoms. The highest BCUT2D eigenvalue weighted by Gasteiger charge is 2.09. The lowest BCUT2D eigenvalue weighted by atomic mass is 10.3. The minimum absolute atomic E-state index is 0.0832. The van der Waals surface area contributed by atoms with Gasteiger partial charge in [0.05, 0.1) is 5.02 Å². The van der Waals surface area contributed by atoms with Crippen molar-refractivity contribution in [2.24, 2.45) is 0 Å². The molecule has 0 amide bonds. The fourth-order valence-electron chi connectivity index (χ4n) is 1.44. The average molecular weight is 314 g/mol. The van der Waals surface area contributed by atoms with Crippen molar-refractivity contribution in [3.8, 4) is 5.75 Å². The quantitative estimate of drug-likeness (QED) is 0.858. The zero-order valence-corrected chi connectivity index (χ0v) is 12.0. The largest absolute Gasteiger partial charge is 0.489 e. The predicted molar refractivity (Wildman–Crippen MR) is 78.5 cm³/mol. The fraction of sp³-hybridized carbons (Fsp3) is 0.231. The molecule has 2 rings (SSSR count). The van der Waals surface area contributed by atoms with Gasteiger partial charge in [0.15, 0.2) is 0 Å². The Labute approximate surface area is 126 Å². The minimum Gasteiger partial charge on any atom is -0.489 e. The van der Waals surface area contributed by atoms with Gasteiger partial charge in [0.1, 0.15) is 23.5 Å². The van der Waals surface area contributed by atoms with Gasteiger partial charge in [0, 0.05) is 18.9 Å². The number of nitrogens with zero attached hydrogens (tertiary/aromatic N) is 2. The number of aromatic nitrogens is 2. The Morgan fingerprint density at radius 3 is 2.70 bits per heavy atom. The lowest BCUT2D eigenvalue weighted by molar-refractivity contribution is 0.117. The number of halogens is 2. The van der Waals surface area contributed by atoms with E-state index in [2.05, 4.69) is 15.3 Å². The van der Waals surface area contributed by atoms with Crippen LogP contribution in [0.3, 0.4) is 0 Å². The second-order valence-corrected chi connectivity index (χ2v) is 4.76. The zero-order chi connectivity index (χ0) is 14.4. The molecule has 1 aromatic carbocycles. The van der Waals surface area contributed by atoms with Crippen molar-refractivity contribution in [3.05, 3.63) is 46.7 Å². The molecule has 0 aliphatic heterocycles. The Kier molecular flexibility index (Phi) is 5.40. The van der Waals surface area contributed by atoms with Crippen molar-refractivity contribution in [1.29, 1.82) is 0 Å². The first-order chi connectivity index (χ1) is 9.66. The van der Waals surface area contributed by atoms with Gasteiger partial charge in [-0.05, 0) is 18.2 Å². The molecule has 0 fully saturated rings. The van der Waals surface area contributed by atoms with Gasteiger partial charge in [-0.2, -0.15) is 0 Å². The van der Waals surface area contributed by atoms with E-state index in [-0.39, 0.29) is 13.2 Å². The summed E-state index contributed by atoms with van der Waals surface area (Å²) < 4.78 is 5.42. The molecule has 5 nitrogen and oxygen atoms in total. The molecule has 106 valence electrons. The summed E-state index contributed by atoms with van der Waals surface area (Å²) in [7, 11) is 0. The second kappa shape index (κ2) is 7.28. The first-order valence-corrected chi connectivity index (χ1v) is 6.68. The molecule has 2 N–H and O–H groups in total. The standard InChI is InChI=1S/C13H13Cl2N3O2/c14-10-3-1-4-11(12(10)15)20-8-9(19)7-18-13-16-5-2-6-17-13/h1-6,9,19H,7-8H2,(H,16,17,18). The van der Waals surface area contributed by atoms with E-state index in [4.69, 9.17) is 27.9 Å². The summed E-state index contributed by atoms with van der Waals surface area (Å²) in [6.45, 7) is 0.349. The summed E-state index contributed by atoms with van der Waals surface area (Å²) in [4.78, 5) is 7.96. The van der Waals surface area contributed by atoms with Gasteiger partial charge in [-0.1, -0.05) is 29.3 Å². The normalized spacial score (nSPS) is 11.9. The number of aliphatic hydroxyl groups excluding tert-OH is 1. The third kappa shape index (κ3) is 4.23. The van der Waals surface area contributed by atoms with Crippen LogP contribution < -0.4 is 10.1 Å². The molecular weight excluding hydrogens is 301 g/mol. The van der Waals surface area contributed by atoms with Gasteiger partial charge >= 0.3 is 0 Å². The smallest absolute Gasteiger partial charge is 0.222 e. The summed E-state index contributed by atoms with van der Waals surface area (Å²) in [6, 6.07) is 6.80. The van der Waals surface area contributed by atoms with E-state index >= 15 is 0 Å². The zero-order valence-electron chi connectivity index (χ0n) is 10.5. The highest BCUT2D eigenvalue weighted by atomic mass is 35.5. The van der Waals surface area contributed by atoms with Crippen LogP contribution in [0.15, 0.2) is 36.7 Å². The van der Waals surface area contributed by atoms with Crippen molar-refractivity contribution in [2.75, 3.05) is 18.5 Å². The molecule has 0 aliphatic carbocycles. The van der Waals surface area contributed by atoms with Crippen LogP contribution in [0.4, 0.5) is 5.95 Å². The van der Waals surface area contributed by atoms with Gasteiger partial charge in [-0.15, -0.1) is 0 Å². The van der Waals surface area contributed by atoms with E-state index in [1.807, 2.05) is 0 Å². The van der Waals surface area contributed by atoms with E-state index in [1.54, 1.807) is 36.7 Å². The summed E-state index contributed by atoms with van der Waals surface area (Å²) in [6.07, 6.45) is 2.50. The molecular formula is C13H13Cl2N3O2. The van der Waals surface area contributed by atoms with Crippen LogP contribution >= 0.6 is 23.2 Å². The number of rotatable bonds is 6. The SMILES string of the molecule is OC(CNc1ncccn1)COc1cccc(Cl)c1Cl. The maximum absolute atomic E-state index is 9.81. The van der Waals surface area contributed by atoms with Gasteiger partial charge in [0.2, 0.25) is 5.95 Å². The molecule has 1 heterocycles. The third-order valence-electron chi connectivity index (χ3n) is 2.41. The second-order valence-electron chi connectivity index (χ2n) is 3.97. The van der Waals surface area contributed by atoms with Crippen molar-refractivity contribution >= 4 is 29.2 Å². The van der Waals surface area contributed by atoms with Gasteiger partial charge in [0.25, 0.3) is 0 Å². The first-order valence-electron chi connectivity index (χ1n) is 5.92. The Bertz CT molecular complexity index is 555. The lowest BCUT2D eigenvalue weighted by Gasteiger charge is -2.14. The number of hydrogen-bond donors (Lipinski definition) is 2. The van der Waals surface area contributed by atoms with E-state index in [1.165, 1.54) is 0 Å². The summed E-state index contributed by atoms with van der Waals surface area (Å²) in [5, 5.41) is 13.5. The van der Waals surface area contributed by atoms with Crippen LogP contribution in [0.5, 0.6) is 5.75 Å². The number of aliphatic hydroxyl groups is 1. The molecule has 0 radical (unpaired) electrons. The molecule has 0 aliphatic rings. The monoisotopic (exact) mass is 313 g/mol. The van der Waals surface area contributed by atoms with Gasteiger partial charge < -0.3 is 15.2 Å². The lowest BCUT2D eigenvalue weighted by Crippen LogP contribution is -2.27. The fourth-order valence-corrected chi connectivity index (χ4v) is 1.79. The first kappa shape index (κ1) is 14.8. The average Bonchev–Trinajstić information content (AvgIpc) is 2.48. The van der Waals surface area contributed by atoms with Gasteiger partial charge in [-0.25, -0.2) is 9.97 Å². The van der Waals surface area contributed by atoms with Crippen LogP contribution in [-0.2, 0) is 0 Å². The van der Waals surface area contributed by atoms with Gasteiger partial charge in [-0.3, -0.25) is 0 Å². The third-order valence-corrected chi connectivity index (χ3v) is 3.21. The van der Waals surface area contributed by atoms with Crippen molar-refractivity contribution in [1.82, 2.24) is 9.97 Å². The van der Waals surface area contributed by atoms with Crippen LogP contribution in [0, 0.1) is 0 Å². The van der Waals surface area contributed by atoms with Crippen molar-refractivity contribution in [3.63, 3.8) is 0 Å². The van der Waals surface area contributed by atoms with Crippen molar-refractivity contribution < 1.29 is 9.84 Å². The number of anilines is 1. The molecule has 7 heteroatoms. The highest BCUT2D eigenvalue weighted by Crippen LogP contribution is 2.31. The Hall–Kier alpha value is -1.56. The topological polar surface area (TPSA) is 67.3 Å². The van der Waals surface area contributed by atoms with Crippen LogP contribution in [0.25, 0.3) is 0 Å². The molecule has 1 atom stereocenters. The Morgan fingerprint density at radius 2 is 1.95 bits per heavy atom. The number of ether oxygens (including phenoxy) is 1. The van der Waals surface area contributed by atoms with E-state index < -0.39 is 6.10 Å². The van der Waals surface area contributed by atoms with Crippen LogP contribution in [0.2, 0.25) is 10.0 Å². The molecule has 1 aromatic heterocycles. The number of hydrogen-bond acceptors (Lipinski definition) is 5. The molecule has 0 saturated carbocycles. The maximum Gasteiger partial charge on any atom is 0.222 e. The van der Waals surface area contributed by atoms with E-state index in [9.17, 15) is 5.11 Å². The van der Waals surface area contributed by atoms with E-state index in [0.717, 1.165) is 0 Å². The maximum atomic E-state index is 9.81.